The second-order valence-electron chi connectivity index (χ2n) is 7.63. The van der Waals surface area contributed by atoms with Crippen LogP contribution in [0.1, 0.15) is 24.5 Å². The maximum absolute atomic E-state index is 12.8. The molecule has 1 heterocycles. The van der Waals surface area contributed by atoms with Gasteiger partial charge in [-0.25, -0.2) is 4.79 Å². The van der Waals surface area contributed by atoms with Crippen LogP contribution in [0.2, 0.25) is 0 Å². The molecule has 0 saturated carbocycles. The molecule has 0 radical (unpaired) electrons. The Bertz CT molecular complexity index is 1140. The van der Waals surface area contributed by atoms with E-state index in [0.29, 0.717) is 6.54 Å². The number of nitrogens with one attached hydrogen (secondary N) is 1. The highest BCUT2D eigenvalue weighted by Gasteiger charge is 2.19. The van der Waals surface area contributed by atoms with Gasteiger partial charge in [0, 0.05) is 19.3 Å². The van der Waals surface area contributed by atoms with Gasteiger partial charge in [0.15, 0.2) is 0 Å². The lowest BCUT2D eigenvalue weighted by molar-refractivity contribution is -0.133. The van der Waals surface area contributed by atoms with Crippen molar-refractivity contribution in [1.29, 1.82) is 0 Å². The second kappa shape index (κ2) is 8.98. The molecule has 0 aliphatic heterocycles. The Balaban J connectivity index is 1.73. The molecule has 2 aromatic carbocycles. The molecule has 0 unspecified atom stereocenters. The van der Waals surface area contributed by atoms with Crippen LogP contribution in [-0.4, -0.2) is 39.4 Å². The number of benzene rings is 2. The van der Waals surface area contributed by atoms with Crippen molar-refractivity contribution in [2.24, 2.45) is 0 Å². The smallest absolute Gasteiger partial charge is 0.329 e. The monoisotopic (exact) mass is 408 g/mol. The Hall–Kier alpha value is -3.35. The van der Waals surface area contributed by atoms with Gasteiger partial charge in [-0.3, -0.25) is 18.7 Å². The highest BCUT2D eigenvalue weighted by molar-refractivity contribution is 5.95. The van der Waals surface area contributed by atoms with Gasteiger partial charge < -0.3 is 10.2 Å². The molecule has 0 atom stereocenters. The summed E-state index contributed by atoms with van der Waals surface area (Å²) >= 11 is 0. The quantitative estimate of drug-likeness (QED) is 0.653. The van der Waals surface area contributed by atoms with Gasteiger partial charge >= 0.3 is 5.69 Å². The van der Waals surface area contributed by atoms with Gasteiger partial charge in [0.05, 0.1) is 17.6 Å². The van der Waals surface area contributed by atoms with Crippen molar-refractivity contribution in [2.45, 2.75) is 40.3 Å². The summed E-state index contributed by atoms with van der Waals surface area (Å²) in [6, 6.07) is 13.3. The van der Waals surface area contributed by atoms with Gasteiger partial charge in [-0.2, -0.15) is 0 Å². The van der Waals surface area contributed by atoms with Crippen LogP contribution < -0.4 is 11.0 Å². The highest BCUT2D eigenvalue weighted by Crippen LogP contribution is 2.16. The summed E-state index contributed by atoms with van der Waals surface area (Å²) in [6.07, 6.45) is 0.820. The number of aryl methyl sites for hydroxylation is 3. The number of hydrogen-bond donors (Lipinski definition) is 1. The van der Waals surface area contributed by atoms with E-state index in [4.69, 9.17) is 0 Å². The minimum Gasteiger partial charge on any atom is -0.335 e. The Morgan fingerprint density at radius 2 is 1.70 bits per heavy atom. The summed E-state index contributed by atoms with van der Waals surface area (Å²) in [5, 5.41) is 2.86. The summed E-state index contributed by atoms with van der Waals surface area (Å²) in [5.74, 6) is -0.576. The normalized spacial score (nSPS) is 10.9. The standard InChI is InChI=1S/C23H28N4O3/c1-5-12-26-19-8-6-7-9-20(19)27(23(26)30)15-22(29)25(4)14-21(28)24-18-13-16(2)10-11-17(18)3/h6-11,13H,5,12,14-15H2,1-4H3,(H,24,28). The molecule has 0 aliphatic carbocycles. The Labute approximate surface area is 175 Å². The summed E-state index contributed by atoms with van der Waals surface area (Å²) in [4.78, 5) is 39.4. The fourth-order valence-corrected chi connectivity index (χ4v) is 3.48. The molecule has 2 amide bonds. The van der Waals surface area contributed by atoms with E-state index in [1.807, 2.05) is 63.2 Å². The van der Waals surface area contributed by atoms with Crippen LogP contribution in [0, 0.1) is 13.8 Å². The van der Waals surface area contributed by atoms with Crippen LogP contribution in [0.25, 0.3) is 11.0 Å². The first-order chi connectivity index (χ1) is 14.3. The zero-order valence-electron chi connectivity index (χ0n) is 17.9. The summed E-state index contributed by atoms with van der Waals surface area (Å²) in [6.45, 7) is 6.28. The van der Waals surface area contributed by atoms with Crippen LogP contribution in [0.15, 0.2) is 47.3 Å². The number of nitrogens with zero attached hydrogens (tertiary/aromatic N) is 3. The number of para-hydroxylation sites is 2. The van der Waals surface area contributed by atoms with Crippen molar-refractivity contribution < 1.29 is 9.59 Å². The van der Waals surface area contributed by atoms with E-state index in [0.717, 1.165) is 34.3 Å². The van der Waals surface area contributed by atoms with E-state index < -0.39 is 0 Å². The number of aromatic nitrogens is 2. The predicted octanol–water partition coefficient (Wildman–Crippen LogP) is 2.93. The molecular weight excluding hydrogens is 380 g/mol. The lowest BCUT2D eigenvalue weighted by atomic mass is 10.1. The first kappa shape index (κ1) is 21.4. The molecule has 7 nitrogen and oxygen atoms in total. The number of fused-ring (bicyclic) bond motifs is 1. The van der Waals surface area contributed by atoms with Gasteiger partial charge in [0.1, 0.15) is 6.54 Å². The number of carbonyl (C=O) groups is 2. The number of amides is 2. The third kappa shape index (κ3) is 4.45. The molecule has 0 spiro atoms. The molecule has 1 N–H and O–H groups in total. The van der Waals surface area contributed by atoms with Gasteiger partial charge in [-0.05, 0) is 49.6 Å². The fraction of sp³-hybridized carbons (Fsp3) is 0.348. The lowest BCUT2D eigenvalue weighted by Crippen LogP contribution is -2.38. The van der Waals surface area contributed by atoms with Crippen LogP contribution >= 0.6 is 0 Å². The van der Waals surface area contributed by atoms with Crippen molar-refractivity contribution >= 4 is 28.5 Å². The summed E-state index contributed by atoms with van der Waals surface area (Å²) < 4.78 is 3.17. The molecule has 0 saturated heterocycles. The van der Waals surface area contributed by atoms with E-state index in [-0.39, 0.29) is 30.6 Å². The fourth-order valence-electron chi connectivity index (χ4n) is 3.48. The van der Waals surface area contributed by atoms with Gasteiger partial charge in [-0.1, -0.05) is 31.2 Å². The third-order valence-electron chi connectivity index (χ3n) is 5.14. The number of likely N-dealkylation sites (N-methyl/N-ethyl adjacent to an activating group) is 1. The third-order valence-corrected chi connectivity index (χ3v) is 5.14. The van der Waals surface area contributed by atoms with E-state index >= 15 is 0 Å². The topological polar surface area (TPSA) is 76.3 Å². The summed E-state index contributed by atoms with van der Waals surface area (Å²) in [7, 11) is 1.57. The second-order valence-corrected chi connectivity index (χ2v) is 7.63. The molecular formula is C23H28N4O3. The molecule has 158 valence electrons. The number of imidazole rings is 1. The molecule has 1 aromatic heterocycles. The highest BCUT2D eigenvalue weighted by atomic mass is 16.2. The maximum Gasteiger partial charge on any atom is 0.329 e. The Morgan fingerprint density at radius 1 is 1.03 bits per heavy atom. The number of anilines is 1. The molecule has 0 fully saturated rings. The SMILES string of the molecule is CCCn1c(=O)n(CC(=O)N(C)CC(=O)Nc2cc(C)ccc2C)c2ccccc21. The van der Waals surface area contributed by atoms with Crippen molar-refractivity contribution in [2.75, 3.05) is 18.9 Å². The Morgan fingerprint density at radius 3 is 2.37 bits per heavy atom. The number of rotatable bonds is 7. The van der Waals surface area contributed by atoms with E-state index in [2.05, 4.69) is 5.32 Å². The average Bonchev–Trinajstić information content (AvgIpc) is 2.97. The van der Waals surface area contributed by atoms with Crippen molar-refractivity contribution in [3.05, 3.63) is 64.1 Å². The van der Waals surface area contributed by atoms with Gasteiger partial charge in [0.2, 0.25) is 11.8 Å². The van der Waals surface area contributed by atoms with E-state index in [9.17, 15) is 14.4 Å². The molecule has 0 aliphatic rings. The largest absolute Gasteiger partial charge is 0.335 e. The van der Waals surface area contributed by atoms with Crippen LogP contribution in [0.5, 0.6) is 0 Å². The van der Waals surface area contributed by atoms with Crippen LogP contribution in [0.4, 0.5) is 5.69 Å². The average molecular weight is 409 g/mol. The number of carbonyl (C=O) groups excluding carboxylic acids is 2. The van der Waals surface area contributed by atoms with Gasteiger partial charge in [0.25, 0.3) is 0 Å². The molecule has 0 bridgehead atoms. The van der Waals surface area contributed by atoms with Crippen molar-refractivity contribution in [1.82, 2.24) is 14.0 Å². The molecule has 3 rings (SSSR count). The first-order valence-electron chi connectivity index (χ1n) is 10.1. The van der Waals surface area contributed by atoms with E-state index in [1.165, 1.54) is 9.47 Å². The zero-order valence-corrected chi connectivity index (χ0v) is 17.9. The van der Waals surface area contributed by atoms with Gasteiger partial charge in [-0.15, -0.1) is 0 Å². The Kier molecular flexibility index (Phi) is 6.40. The molecule has 30 heavy (non-hydrogen) atoms. The first-order valence-corrected chi connectivity index (χ1v) is 10.1. The minimum atomic E-state index is -0.299. The van der Waals surface area contributed by atoms with Crippen molar-refractivity contribution in [3.8, 4) is 0 Å². The predicted molar refractivity (Wildman–Crippen MR) is 119 cm³/mol. The van der Waals surface area contributed by atoms with E-state index in [1.54, 1.807) is 11.6 Å². The molecule has 3 aromatic rings. The summed E-state index contributed by atoms with van der Waals surface area (Å²) in [5.41, 5.74) is 4.06. The lowest BCUT2D eigenvalue weighted by Gasteiger charge is -2.18. The molecule has 7 heteroatoms. The van der Waals surface area contributed by atoms with Crippen molar-refractivity contribution in [3.63, 3.8) is 0 Å². The van der Waals surface area contributed by atoms with Crippen LogP contribution in [-0.2, 0) is 22.7 Å². The maximum atomic E-state index is 12.8. The zero-order chi connectivity index (χ0) is 21.8. The van der Waals surface area contributed by atoms with Crippen LogP contribution in [0.3, 0.4) is 0 Å². The number of hydrogen-bond acceptors (Lipinski definition) is 3. The minimum absolute atomic E-state index is 0.0887.